The molecule has 35 heavy (non-hydrogen) atoms. The second kappa shape index (κ2) is 10.2. The van der Waals surface area contributed by atoms with E-state index in [9.17, 15) is 9.18 Å². The summed E-state index contributed by atoms with van der Waals surface area (Å²) in [5, 5.41) is 8.25. The molecule has 0 fully saturated rings. The number of benzene rings is 3. The summed E-state index contributed by atoms with van der Waals surface area (Å²) in [4.78, 5) is 15.2. The average molecular weight is 492 g/mol. The summed E-state index contributed by atoms with van der Waals surface area (Å²) in [6.07, 6.45) is -0.655. The molecule has 1 aliphatic heterocycles. The van der Waals surface area contributed by atoms with Crippen LogP contribution in [0.2, 0.25) is 0 Å². The lowest BCUT2D eigenvalue weighted by atomic mass is 10.0. The van der Waals surface area contributed by atoms with Crippen LogP contribution in [0.3, 0.4) is 0 Å². The standard InChI is InChI=1S/C26H22FN3O4S/c1-17(33-22-13-7-5-11-19(22)27)25-28-29-26(34-25)35-16-24(31)30-20-12-6-8-14-23(20)32-15-21(30)18-9-3-2-4-10-18/h2-14,17,21H,15-16H2,1H3/t17-,21-/m1/s1. The van der Waals surface area contributed by atoms with Crippen molar-refractivity contribution in [3.05, 3.63) is 96.1 Å². The summed E-state index contributed by atoms with van der Waals surface area (Å²) in [7, 11) is 0. The van der Waals surface area contributed by atoms with Crippen molar-refractivity contribution in [3.8, 4) is 11.5 Å². The number of carbonyl (C=O) groups is 1. The molecule has 9 heteroatoms. The molecule has 3 aromatic carbocycles. The lowest BCUT2D eigenvalue weighted by Gasteiger charge is -2.37. The number of nitrogens with zero attached hydrogens (tertiary/aromatic N) is 3. The van der Waals surface area contributed by atoms with Crippen LogP contribution in [-0.4, -0.2) is 28.5 Å². The Kier molecular flexibility index (Phi) is 6.67. The number of fused-ring (bicyclic) bond motifs is 1. The summed E-state index contributed by atoms with van der Waals surface area (Å²) >= 11 is 1.14. The van der Waals surface area contributed by atoms with E-state index in [0.29, 0.717) is 12.4 Å². The summed E-state index contributed by atoms with van der Waals surface area (Å²) in [5.41, 5.74) is 1.70. The Hall–Kier alpha value is -3.85. The molecule has 1 aliphatic rings. The molecule has 5 rings (SSSR count). The van der Waals surface area contributed by atoms with Crippen LogP contribution >= 0.6 is 11.8 Å². The van der Waals surface area contributed by atoms with E-state index in [1.165, 1.54) is 12.1 Å². The first-order valence-corrected chi connectivity index (χ1v) is 12.0. The van der Waals surface area contributed by atoms with Crippen molar-refractivity contribution < 1.29 is 23.1 Å². The van der Waals surface area contributed by atoms with Gasteiger partial charge in [-0.2, -0.15) is 0 Å². The second-order valence-electron chi connectivity index (χ2n) is 7.85. The van der Waals surface area contributed by atoms with Gasteiger partial charge in [-0.25, -0.2) is 4.39 Å². The van der Waals surface area contributed by atoms with Gasteiger partial charge in [0.15, 0.2) is 17.7 Å². The molecule has 1 amide bonds. The van der Waals surface area contributed by atoms with Gasteiger partial charge >= 0.3 is 0 Å². The Balaban J connectivity index is 1.29. The third kappa shape index (κ3) is 5.00. The maximum Gasteiger partial charge on any atom is 0.277 e. The van der Waals surface area contributed by atoms with Crippen LogP contribution in [0.5, 0.6) is 11.5 Å². The number of para-hydroxylation sites is 3. The van der Waals surface area contributed by atoms with Crippen LogP contribution in [0.1, 0.15) is 30.5 Å². The lowest BCUT2D eigenvalue weighted by molar-refractivity contribution is -0.117. The molecule has 0 radical (unpaired) electrons. The van der Waals surface area contributed by atoms with Gasteiger partial charge in [0.1, 0.15) is 12.4 Å². The molecule has 0 unspecified atom stereocenters. The van der Waals surface area contributed by atoms with E-state index in [1.807, 2.05) is 54.6 Å². The van der Waals surface area contributed by atoms with Crippen molar-refractivity contribution in [1.29, 1.82) is 0 Å². The molecule has 4 aromatic rings. The van der Waals surface area contributed by atoms with Crippen molar-refractivity contribution >= 4 is 23.4 Å². The smallest absolute Gasteiger partial charge is 0.277 e. The van der Waals surface area contributed by atoms with Crippen molar-refractivity contribution in [3.63, 3.8) is 0 Å². The number of amides is 1. The van der Waals surface area contributed by atoms with Gasteiger partial charge in [0, 0.05) is 0 Å². The highest BCUT2D eigenvalue weighted by atomic mass is 32.2. The molecule has 0 aliphatic carbocycles. The third-order valence-electron chi connectivity index (χ3n) is 5.52. The zero-order valence-corrected chi connectivity index (χ0v) is 19.7. The monoisotopic (exact) mass is 491 g/mol. The van der Waals surface area contributed by atoms with E-state index >= 15 is 0 Å². The number of rotatable bonds is 7. The summed E-state index contributed by atoms with van der Waals surface area (Å²) in [6.45, 7) is 2.04. The van der Waals surface area contributed by atoms with Gasteiger partial charge in [-0.15, -0.1) is 10.2 Å². The fourth-order valence-corrected chi connectivity index (χ4v) is 4.46. The molecule has 0 saturated heterocycles. The predicted octanol–water partition coefficient (Wildman–Crippen LogP) is 5.61. The molecule has 1 aromatic heterocycles. The molecular formula is C26H22FN3O4S. The molecule has 2 atom stereocenters. The van der Waals surface area contributed by atoms with Crippen LogP contribution in [0.4, 0.5) is 10.1 Å². The third-order valence-corrected chi connectivity index (χ3v) is 6.32. The number of aromatic nitrogens is 2. The van der Waals surface area contributed by atoms with E-state index < -0.39 is 11.9 Å². The molecule has 0 bridgehead atoms. The highest BCUT2D eigenvalue weighted by Gasteiger charge is 2.33. The number of ether oxygens (including phenoxy) is 2. The Morgan fingerprint density at radius 1 is 1.09 bits per heavy atom. The first-order chi connectivity index (χ1) is 17.1. The highest BCUT2D eigenvalue weighted by Crippen LogP contribution is 2.40. The highest BCUT2D eigenvalue weighted by molar-refractivity contribution is 7.99. The predicted molar refractivity (Wildman–Crippen MR) is 129 cm³/mol. The van der Waals surface area contributed by atoms with Gasteiger partial charge in [-0.1, -0.05) is 66.4 Å². The van der Waals surface area contributed by atoms with Gasteiger partial charge in [-0.05, 0) is 36.8 Å². The maximum atomic E-state index is 13.9. The fraction of sp³-hybridized carbons (Fsp3) is 0.192. The van der Waals surface area contributed by atoms with Crippen molar-refractivity contribution in [2.24, 2.45) is 0 Å². The van der Waals surface area contributed by atoms with Gasteiger partial charge in [0.25, 0.3) is 11.1 Å². The Morgan fingerprint density at radius 3 is 2.66 bits per heavy atom. The number of halogens is 1. The molecule has 178 valence electrons. The average Bonchev–Trinajstić information content (AvgIpc) is 3.38. The molecule has 2 heterocycles. The topological polar surface area (TPSA) is 77.7 Å². The van der Waals surface area contributed by atoms with Gasteiger partial charge in [-0.3, -0.25) is 9.69 Å². The molecule has 0 N–H and O–H groups in total. The minimum absolute atomic E-state index is 0.0852. The molecule has 7 nitrogen and oxygen atoms in total. The quantitative estimate of drug-likeness (QED) is 0.311. The molecule has 0 saturated carbocycles. The van der Waals surface area contributed by atoms with Crippen LogP contribution in [0.25, 0.3) is 0 Å². The van der Waals surface area contributed by atoms with E-state index in [-0.39, 0.29) is 34.6 Å². The van der Waals surface area contributed by atoms with Crippen LogP contribution in [0.15, 0.2) is 88.5 Å². The Labute approximate surface area is 205 Å². The number of thioether (sulfide) groups is 1. The van der Waals surface area contributed by atoms with Crippen LogP contribution in [-0.2, 0) is 4.79 Å². The minimum atomic E-state index is -0.655. The number of carbonyl (C=O) groups excluding carboxylic acids is 1. The van der Waals surface area contributed by atoms with Crippen molar-refractivity contribution in [1.82, 2.24) is 10.2 Å². The van der Waals surface area contributed by atoms with Crippen LogP contribution < -0.4 is 14.4 Å². The minimum Gasteiger partial charge on any atom is -0.489 e. The van der Waals surface area contributed by atoms with Gasteiger partial charge in [0.05, 0.1) is 17.5 Å². The molecule has 0 spiro atoms. The van der Waals surface area contributed by atoms with E-state index in [0.717, 1.165) is 23.0 Å². The summed E-state index contributed by atoms with van der Waals surface area (Å²) in [5.74, 6) is 0.453. The number of hydrogen-bond acceptors (Lipinski definition) is 7. The zero-order chi connectivity index (χ0) is 24.2. The summed E-state index contributed by atoms with van der Waals surface area (Å²) in [6, 6.07) is 23.1. The lowest BCUT2D eigenvalue weighted by Crippen LogP contribution is -2.42. The zero-order valence-electron chi connectivity index (χ0n) is 18.8. The fourth-order valence-electron chi connectivity index (χ4n) is 3.84. The van der Waals surface area contributed by atoms with E-state index in [2.05, 4.69) is 10.2 Å². The first-order valence-electron chi connectivity index (χ1n) is 11.1. The summed E-state index contributed by atoms with van der Waals surface area (Å²) < 4.78 is 31.1. The number of anilines is 1. The SMILES string of the molecule is C[C@@H](Oc1ccccc1F)c1nnc(SCC(=O)N2c3ccccc3OC[C@@H]2c2ccccc2)o1. The van der Waals surface area contributed by atoms with Gasteiger partial charge in [0.2, 0.25) is 5.91 Å². The molecular weight excluding hydrogens is 469 g/mol. The second-order valence-corrected chi connectivity index (χ2v) is 8.78. The van der Waals surface area contributed by atoms with Crippen molar-refractivity contribution in [2.45, 2.75) is 24.3 Å². The van der Waals surface area contributed by atoms with Crippen molar-refractivity contribution in [2.75, 3.05) is 17.3 Å². The van der Waals surface area contributed by atoms with E-state index in [4.69, 9.17) is 13.9 Å². The maximum absolute atomic E-state index is 13.9. The Morgan fingerprint density at radius 2 is 1.83 bits per heavy atom. The first kappa shape index (κ1) is 22.9. The number of hydrogen-bond donors (Lipinski definition) is 0. The normalized spacial score (nSPS) is 15.7. The van der Waals surface area contributed by atoms with Gasteiger partial charge < -0.3 is 13.9 Å². The van der Waals surface area contributed by atoms with Crippen LogP contribution in [0, 0.1) is 5.82 Å². The largest absolute Gasteiger partial charge is 0.489 e. The Bertz CT molecular complexity index is 1320. The van der Waals surface area contributed by atoms with E-state index in [1.54, 1.807) is 24.0 Å².